The van der Waals surface area contributed by atoms with Gasteiger partial charge in [-0.2, -0.15) is 0 Å². The average molecular weight is 424 g/mol. The standard InChI is InChI=1S/C24H25NO4S/c1-15-12-13-25(20-6-4-5-7-22(20)30-15)23(26)11-10-19-16(2)18-9-8-17(28-3)14-21(18)29-24(19)27/h4-9,14-15H,10-13H2,1-3H3. The van der Waals surface area contributed by atoms with E-state index in [1.54, 1.807) is 13.2 Å². The Hall–Kier alpha value is -2.73. The number of carbonyl (C=O) groups is 1. The lowest BCUT2D eigenvalue weighted by Gasteiger charge is -2.22. The number of hydrogen-bond acceptors (Lipinski definition) is 5. The van der Waals surface area contributed by atoms with E-state index < -0.39 is 0 Å². The van der Waals surface area contributed by atoms with Gasteiger partial charge in [0, 0.05) is 40.1 Å². The zero-order chi connectivity index (χ0) is 21.3. The van der Waals surface area contributed by atoms with Gasteiger partial charge in [0.05, 0.1) is 12.8 Å². The maximum atomic E-state index is 13.1. The molecule has 0 spiro atoms. The van der Waals surface area contributed by atoms with Crippen molar-refractivity contribution in [2.75, 3.05) is 18.6 Å². The first-order chi connectivity index (χ1) is 14.5. The minimum absolute atomic E-state index is 0.0331. The van der Waals surface area contributed by atoms with Crippen molar-refractivity contribution in [2.45, 2.75) is 43.3 Å². The summed E-state index contributed by atoms with van der Waals surface area (Å²) >= 11 is 1.81. The van der Waals surface area contributed by atoms with Crippen LogP contribution in [-0.4, -0.2) is 24.8 Å². The highest BCUT2D eigenvalue weighted by Crippen LogP contribution is 2.37. The molecule has 1 aliphatic heterocycles. The molecule has 0 bridgehead atoms. The molecule has 3 aromatic rings. The molecule has 1 aliphatic rings. The first-order valence-electron chi connectivity index (χ1n) is 10.1. The second-order valence-corrected chi connectivity index (χ2v) is 9.07. The summed E-state index contributed by atoms with van der Waals surface area (Å²) < 4.78 is 10.7. The van der Waals surface area contributed by atoms with Crippen LogP contribution in [0.3, 0.4) is 0 Å². The Bertz CT molecular complexity index is 1150. The summed E-state index contributed by atoms with van der Waals surface area (Å²) in [5.74, 6) is 0.672. The number of carbonyl (C=O) groups excluding carboxylic acids is 1. The lowest BCUT2D eigenvalue weighted by Crippen LogP contribution is -2.32. The topological polar surface area (TPSA) is 59.8 Å². The molecule has 0 radical (unpaired) electrons. The summed E-state index contributed by atoms with van der Waals surface area (Å²) in [5, 5.41) is 1.32. The number of anilines is 1. The van der Waals surface area contributed by atoms with Crippen LogP contribution in [0.15, 0.2) is 56.6 Å². The minimum atomic E-state index is -0.388. The number of fused-ring (bicyclic) bond motifs is 2. The third kappa shape index (κ3) is 3.97. The molecule has 1 amide bonds. The average Bonchev–Trinajstić information content (AvgIpc) is 2.91. The van der Waals surface area contributed by atoms with Crippen LogP contribution < -0.4 is 15.3 Å². The van der Waals surface area contributed by atoms with E-state index in [0.717, 1.165) is 28.0 Å². The van der Waals surface area contributed by atoms with Crippen molar-refractivity contribution in [1.82, 2.24) is 0 Å². The van der Waals surface area contributed by atoms with E-state index in [4.69, 9.17) is 9.15 Å². The van der Waals surface area contributed by atoms with E-state index in [1.807, 2.05) is 53.9 Å². The van der Waals surface area contributed by atoms with Gasteiger partial charge >= 0.3 is 5.63 Å². The number of thioether (sulfide) groups is 1. The van der Waals surface area contributed by atoms with Gasteiger partial charge in [0.1, 0.15) is 11.3 Å². The van der Waals surface area contributed by atoms with Crippen LogP contribution in [0, 0.1) is 6.92 Å². The fourth-order valence-corrected chi connectivity index (χ4v) is 5.02. The van der Waals surface area contributed by atoms with E-state index in [2.05, 4.69) is 13.0 Å². The van der Waals surface area contributed by atoms with Gasteiger partial charge in [-0.15, -0.1) is 11.8 Å². The van der Waals surface area contributed by atoms with Crippen molar-refractivity contribution >= 4 is 34.3 Å². The lowest BCUT2D eigenvalue weighted by atomic mass is 10.0. The highest BCUT2D eigenvalue weighted by molar-refractivity contribution is 8.00. The molecule has 0 saturated heterocycles. The predicted octanol–water partition coefficient (Wildman–Crippen LogP) is 4.96. The summed E-state index contributed by atoms with van der Waals surface area (Å²) in [5.41, 5.74) is 2.50. The Labute approximate surface area is 180 Å². The Balaban J connectivity index is 1.58. The number of methoxy groups -OCH3 is 1. The van der Waals surface area contributed by atoms with Crippen molar-refractivity contribution in [3.8, 4) is 5.75 Å². The van der Waals surface area contributed by atoms with Crippen molar-refractivity contribution in [3.05, 3.63) is 64.0 Å². The van der Waals surface area contributed by atoms with Gasteiger partial charge in [-0.05, 0) is 49.6 Å². The molecule has 0 fully saturated rings. The molecular weight excluding hydrogens is 398 g/mol. The van der Waals surface area contributed by atoms with Crippen LogP contribution in [0.1, 0.15) is 30.9 Å². The molecule has 0 aliphatic carbocycles. The molecule has 1 aromatic heterocycles. The minimum Gasteiger partial charge on any atom is -0.497 e. The second-order valence-electron chi connectivity index (χ2n) is 7.59. The summed E-state index contributed by atoms with van der Waals surface area (Å²) in [6, 6.07) is 13.5. The van der Waals surface area contributed by atoms with E-state index in [0.29, 0.717) is 35.1 Å². The molecule has 0 saturated carbocycles. The first kappa shape index (κ1) is 20.5. The van der Waals surface area contributed by atoms with Gasteiger partial charge in [-0.25, -0.2) is 4.79 Å². The molecule has 4 rings (SSSR count). The second kappa shape index (κ2) is 8.56. The molecule has 5 nitrogen and oxygen atoms in total. The maximum absolute atomic E-state index is 13.1. The smallest absolute Gasteiger partial charge is 0.339 e. The Kier molecular flexibility index (Phi) is 5.86. The van der Waals surface area contributed by atoms with Crippen LogP contribution >= 0.6 is 11.8 Å². The monoisotopic (exact) mass is 423 g/mol. The summed E-state index contributed by atoms with van der Waals surface area (Å²) in [6.07, 6.45) is 1.56. The number of nitrogens with zero attached hydrogens (tertiary/aromatic N) is 1. The van der Waals surface area contributed by atoms with E-state index >= 15 is 0 Å². The number of rotatable bonds is 4. The molecular formula is C24H25NO4S. The van der Waals surface area contributed by atoms with Crippen molar-refractivity contribution in [3.63, 3.8) is 0 Å². The summed E-state index contributed by atoms with van der Waals surface area (Å²) in [4.78, 5) is 28.7. The Morgan fingerprint density at radius 2 is 2.07 bits per heavy atom. The molecule has 30 heavy (non-hydrogen) atoms. The summed E-state index contributed by atoms with van der Waals surface area (Å²) in [6.45, 7) is 4.79. The van der Waals surface area contributed by atoms with E-state index in [-0.39, 0.29) is 18.0 Å². The van der Waals surface area contributed by atoms with Gasteiger partial charge in [-0.1, -0.05) is 19.1 Å². The third-order valence-corrected chi connectivity index (χ3v) is 6.87. The third-order valence-electron chi connectivity index (χ3n) is 5.63. The SMILES string of the molecule is COc1ccc2c(C)c(CCC(=O)N3CCC(C)Sc4ccccc43)c(=O)oc2c1. The summed E-state index contributed by atoms with van der Waals surface area (Å²) in [7, 11) is 1.58. The molecule has 6 heteroatoms. The zero-order valence-corrected chi connectivity index (χ0v) is 18.3. The van der Waals surface area contributed by atoms with Gasteiger partial charge in [0.25, 0.3) is 0 Å². The number of hydrogen-bond donors (Lipinski definition) is 0. The van der Waals surface area contributed by atoms with Crippen molar-refractivity contribution in [2.24, 2.45) is 0 Å². The normalized spacial score (nSPS) is 16.2. The molecule has 156 valence electrons. The van der Waals surface area contributed by atoms with E-state index in [9.17, 15) is 9.59 Å². The quantitative estimate of drug-likeness (QED) is 0.555. The number of aryl methyl sites for hydroxylation is 1. The molecule has 1 atom stereocenters. The lowest BCUT2D eigenvalue weighted by molar-refractivity contribution is -0.118. The van der Waals surface area contributed by atoms with Gasteiger partial charge < -0.3 is 14.1 Å². The molecule has 2 heterocycles. The highest BCUT2D eigenvalue weighted by Gasteiger charge is 2.24. The first-order valence-corrected chi connectivity index (χ1v) is 11.0. The predicted molar refractivity (Wildman–Crippen MR) is 121 cm³/mol. The fourth-order valence-electron chi connectivity index (χ4n) is 3.90. The largest absolute Gasteiger partial charge is 0.497 e. The van der Waals surface area contributed by atoms with Crippen LogP contribution in [0.2, 0.25) is 0 Å². The highest BCUT2D eigenvalue weighted by atomic mass is 32.2. The van der Waals surface area contributed by atoms with Crippen molar-refractivity contribution < 1.29 is 13.9 Å². The number of benzene rings is 2. The van der Waals surface area contributed by atoms with Crippen LogP contribution in [0.25, 0.3) is 11.0 Å². The number of para-hydroxylation sites is 1. The van der Waals surface area contributed by atoms with Crippen LogP contribution in [0.5, 0.6) is 5.75 Å². The Morgan fingerprint density at radius 1 is 1.27 bits per heavy atom. The maximum Gasteiger partial charge on any atom is 0.339 e. The number of ether oxygens (including phenoxy) is 1. The Morgan fingerprint density at radius 3 is 2.87 bits per heavy atom. The van der Waals surface area contributed by atoms with E-state index in [1.165, 1.54) is 0 Å². The fraction of sp³-hybridized carbons (Fsp3) is 0.333. The van der Waals surface area contributed by atoms with Crippen molar-refractivity contribution in [1.29, 1.82) is 0 Å². The van der Waals surface area contributed by atoms with Gasteiger partial charge in [0.15, 0.2) is 0 Å². The number of amides is 1. The van der Waals surface area contributed by atoms with Crippen LogP contribution in [0.4, 0.5) is 5.69 Å². The van der Waals surface area contributed by atoms with Crippen LogP contribution in [-0.2, 0) is 11.2 Å². The zero-order valence-electron chi connectivity index (χ0n) is 17.4. The van der Waals surface area contributed by atoms with Gasteiger partial charge in [0.2, 0.25) is 5.91 Å². The molecule has 1 unspecified atom stereocenters. The van der Waals surface area contributed by atoms with Gasteiger partial charge in [-0.3, -0.25) is 4.79 Å². The molecule has 0 N–H and O–H groups in total. The molecule has 2 aromatic carbocycles.